The Kier molecular flexibility index (Phi) is 3.48. The molecule has 3 nitrogen and oxygen atoms in total. The van der Waals surface area contributed by atoms with Crippen molar-refractivity contribution in [2.75, 3.05) is 7.11 Å². The maximum Gasteiger partial charge on any atom is 0.311 e. The smallest absolute Gasteiger partial charge is 0.311 e. The van der Waals surface area contributed by atoms with Gasteiger partial charge >= 0.3 is 5.97 Å². The molecule has 0 heterocycles. The largest absolute Gasteiger partial charge is 0.469 e. The molecule has 0 aromatic heterocycles. The fraction of sp³-hybridized carbons (Fsp3) is 0.929. The molecule has 5 atom stereocenters. The topological polar surface area (TPSA) is 46.5 Å². The Hall–Kier alpha value is -0.570. The summed E-state index contributed by atoms with van der Waals surface area (Å²) in [6.07, 6.45) is 5.70. The molecule has 0 saturated heterocycles. The molecule has 0 unspecified atom stereocenters. The average molecular weight is 240 g/mol. The van der Waals surface area contributed by atoms with Gasteiger partial charge in [0.25, 0.3) is 0 Å². The second-order valence-electron chi connectivity index (χ2n) is 6.13. The molecule has 0 aliphatic heterocycles. The second-order valence-corrected chi connectivity index (χ2v) is 6.13. The van der Waals surface area contributed by atoms with Gasteiger partial charge < -0.3 is 9.84 Å². The van der Waals surface area contributed by atoms with Crippen molar-refractivity contribution in [1.82, 2.24) is 0 Å². The van der Waals surface area contributed by atoms with E-state index in [-0.39, 0.29) is 17.8 Å². The minimum atomic E-state index is -0.898. The maximum absolute atomic E-state index is 11.9. The number of hydrogen-bond acceptors (Lipinski definition) is 3. The van der Waals surface area contributed by atoms with E-state index in [2.05, 4.69) is 6.92 Å². The van der Waals surface area contributed by atoms with Crippen molar-refractivity contribution >= 4 is 5.97 Å². The number of carbonyl (C=O) groups excluding carboxylic acids is 1. The molecular formula is C14H24O3. The molecule has 2 aliphatic rings. The summed E-state index contributed by atoms with van der Waals surface area (Å²) in [5, 5.41) is 10.5. The molecule has 0 spiro atoms. The van der Waals surface area contributed by atoms with Crippen LogP contribution < -0.4 is 0 Å². The van der Waals surface area contributed by atoms with Crippen LogP contribution in [0.4, 0.5) is 0 Å². The van der Waals surface area contributed by atoms with Crippen LogP contribution in [0.15, 0.2) is 0 Å². The quantitative estimate of drug-likeness (QED) is 0.716. The monoisotopic (exact) mass is 240 g/mol. The molecule has 0 aromatic carbocycles. The van der Waals surface area contributed by atoms with E-state index in [9.17, 15) is 9.90 Å². The first-order valence-corrected chi connectivity index (χ1v) is 6.77. The van der Waals surface area contributed by atoms with Gasteiger partial charge in [-0.2, -0.15) is 0 Å². The summed E-state index contributed by atoms with van der Waals surface area (Å²) in [5.41, 5.74) is -0.898. The first-order valence-electron chi connectivity index (χ1n) is 6.77. The lowest BCUT2D eigenvalue weighted by molar-refractivity contribution is -0.172. The van der Waals surface area contributed by atoms with Crippen LogP contribution in [0.1, 0.15) is 46.0 Å². The van der Waals surface area contributed by atoms with Crippen LogP contribution >= 0.6 is 0 Å². The second kappa shape index (κ2) is 4.60. The highest BCUT2D eigenvalue weighted by atomic mass is 16.5. The van der Waals surface area contributed by atoms with Crippen molar-refractivity contribution < 1.29 is 14.6 Å². The van der Waals surface area contributed by atoms with E-state index >= 15 is 0 Å². The third kappa shape index (κ3) is 2.22. The SMILES string of the molecule is COC(=O)[C@@H]1[C@H](C)[C@H]2CCCC[C@@H]2C[C@@]1(C)O. The third-order valence-corrected chi connectivity index (χ3v) is 4.97. The molecule has 0 aromatic rings. The Morgan fingerprint density at radius 3 is 2.65 bits per heavy atom. The van der Waals surface area contributed by atoms with Crippen LogP contribution in [-0.2, 0) is 9.53 Å². The van der Waals surface area contributed by atoms with Gasteiger partial charge in [-0.3, -0.25) is 4.79 Å². The van der Waals surface area contributed by atoms with E-state index in [1.54, 1.807) is 6.92 Å². The van der Waals surface area contributed by atoms with E-state index in [1.165, 1.54) is 32.8 Å². The predicted octanol–water partition coefficient (Wildman–Crippen LogP) is 2.37. The molecule has 0 radical (unpaired) electrons. The fourth-order valence-electron chi connectivity index (χ4n) is 4.25. The average Bonchev–Trinajstić information content (AvgIpc) is 2.27. The molecule has 1 N–H and O–H groups in total. The van der Waals surface area contributed by atoms with Crippen molar-refractivity contribution in [1.29, 1.82) is 0 Å². The van der Waals surface area contributed by atoms with Crippen LogP contribution in [0.5, 0.6) is 0 Å². The minimum absolute atomic E-state index is 0.233. The number of aliphatic hydroxyl groups is 1. The zero-order valence-electron chi connectivity index (χ0n) is 11.1. The third-order valence-electron chi connectivity index (χ3n) is 4.97. The molecule has 3 heteroatoms. The lowest BCUT2D eigenvalue weighted by Gasteiger charge is -2.50. The highest BCUT2D eigenvalue weighted by Gasteiger charge is 2.52. The summed E-state index contributed by atoms with van der Waals surface area (Å²) < 4.78 is 4.88. The Morgan fingerprint density at radius 1 is 1.35 bits per heavy atom. The predicted molar refractivity (Wildman–Crippen MR) is 65.4 cm³/mol. The highest BCUT2D eigenvalue weighted by Crippen LogP contribution is 2.50. The summed E-state index contributed by atoms with van der Waals surface area (Å²) in [6, 6.07) is 0. The van der Waals surface area contributed by atoms with Gasteiger partial charge in [0.2, 0.25) is 0 Å². The van der Waals surface area contributed by atoms with Crippen LogP contribution in [0.3, 0.4) is 0 Å². The number of esters is 1. The van der Waals surface area contributed by atoms with E-state index in [4.69, 9.17) is 4.74 Å². The maximum atomic E-state index is 11.9. The van der Waals surface area contributed by atoms with E-state index in [0.717, 1.165) is 6.42 Å². The highest BCUT2D eigenvalue weighted by molar-refractivity contribution is 5.74. The summed E-state index contributed by atoms with van der Waals surface area (Å²) in [6.45, 7) is 3.91. The molecule has 17 heavy (non-hydrogen) atoms. The Bertz CT molecular complexity index is 298. The van der Waals surface area contributed by atoms with Gasteiger partial charge in [0.05, 0.1) is 18.6 Å². The van der Waals surface area contributed by atoms with Crippen molar-refractivity contribution in [2.45, 2.75) is 51.6 Å². The fourth-order valence-corrected chi connectivity index (χ4v) is 4.25. The molecule has 0 amide bonds. The standard InChI is InChI=1S/C14H24O3/c1-9-11-7-5-4-6-10(11)8-14(2,16)12(9)13(15)17-3/h9-12,16H,4-8H2,1-3H3/t9-,10-,11-,12+,14-/m1/s1. The number of hydrogen-bond donors (Lipinski definition) is 1. The molecule has 98 valence electrons. The van der Waals surface area contributed by atoms with Crippen LogP contribution in [0.25, 0.3) is 0 Å². The molecule has 2 rings (SSSR count). The number of rotatable bonds is 1. The minimum Gasteiger partial charge on any atom is -0.469 e. The van der Waals surface area contributed by atoms with E-state index < -0.39 is 5.60 Å². The first kappa shape index (κ1) is 12.9. The normalized spacial score (nSPS) is 46.1. The number of fused-ring (bicyclic) bond motifs is 1. The Labute approximate surface area is 104 Å². The number of carbonyl (C=O) groups is 1. The van der Waals surface area contributed by atoms with Gasteiger partial charge in [-0.05, 0) is 37.5 Å². The van der Waals surface area contributed by atoms with E-state index in [0.29, 0.717) is 11.8 Å². The lowest BCUT2D eigenvalue weighted by atomic mass is 9.57. The summed E-state index contributed by atoms with van der Waals surface area (Å²) in [4.78, 5) is 11.9. The number of methoxy groups -OCH3 is 1. The molecule has 2 saturated carbocycles. The summed E-state index contributed by atoms with van der Waals surface area (Å²) in [5.74, 6) is 0.817. The zero-order valence-corrected chi connectivity index (χ0v) is 11.1. The van der Waals surface area contributed by atoms with Crippen LogP contribution in [0, 0.1) is 23.7 Å². The van der Waals surface area contributed by atoms with Crippen molar-refractivity contribution in [3.63, 3.8) is 0 Å². The van der Waals surface area contributed by atoms with Gasteiger partial charge in [0.15, 0.2) is 0 Å². The molecule has 2 aliphatic carbocycles. The van der Waals surface area contributed by atoms with Gasteiger partial charge in [-0.1, -0.05) is 26.2 Å². The van der Waals surface area contributed by atoms with Gasteiger partial charge in [0, 0.05) is 0 Å². The van der Waals surface area contributed by atoms with Gasteiger partial charge in [-0.15, -0.1) is 0 Å². The van der Waals surface area contributed by atoms with Crippen molar-refractivity contribution in [3.8, 4) is 0 Å². The molecule has 2 fully saturated rings. The lowest BCUT2D eigenvalue weighted by Crippen LogP contribution is -2.53. The van der Waals surface area contributed by atoms with Crippen LogP contribution in [-0.4, -0.2) is 23.8 Å². The summed E-state index contributed by atoms with van der Waals surface area (Å²) in [7, 11) is 1.41. The summed E-state index contributed by atoms with van der Waals surface area (Å²) >= 11 is 0. The van der Waals surface area contributed by atoms with Crippen LogP contribution in [0.2, 0.25) is 0 Å². The number of ether oxygens (including phenoxy) is 1. The zero-order chi connectivity index (χ0) is 12.6. The van der Waals surface area contributed by atoms with E-state index in [1.807, 2.05) is 0 Å². The van der Waals surface area contributed by atoms with Crippen molar-refractivity contribution in [3.05, 3.63) is 0 Å². The van der Waals surface area contributed by atoms with Gasteiger partial charge in [0.1, 0.15) is 0 Å². The first-order chi connectivity index (χ1) is 7.97. The Balaban J connectivity index is 2.23. The molecule has 0 bridgehead atoms. The molecular weight excluding hydrogens is 216 g/mol. The van der Waals surface area contributed by atoms with Crippen molar-refractivity contribution in [2.24, 2.45) is 23.7 Å². The Morgan fingerprint density at radius 2 is 2.00 bits per heavy atom. The van der Waals surface area contributed by atoms with Gasteiger partial charge in [-0.25, -0.2) is 0 Å².